The zero-order chi connectivity index (χ0) is 20.4. The summed E-state index contributed by atoms with van der Waals surface area (Å²) in [6.45, 7) is 0.525. The first-order valence-corrected chi connectivity index (χ1v) is 10.0. The number of hydrogen-bond acceptors (Lipinski definition) is 2. The summed E-state index contributed by atoms with van der Waals surface area (Å²) in [6.07, 6.45) is 1.65. The maximum atomic E-state index is 14.0. The maximum absolute atomic E-state index is 14.0. The summed E-state index contributed by atoms with van der Waals surface area (Å²) in [5, 5.41) is 11.1. The molecule has 0 radical (unpaired) electrons. The molecule has 4 rings (SSSR count). The molecular weight excluding hydrogens is 389 g/mol. The summed E-state index contributed by atoms with van der Waals surface area (Å²) in [5.41, 5.74) is 3.49. The molecule has 1 heterocycles. The number of aromatic hydroxyl groups is 1. The van der Waals surface area contributed by atoms with Gasteiger partial charge in [-0.2, -0.15) is 0 Å². The Balaban J connectivity index is 1.65. The highest BCUT2D eigenvalue weighted by molar-refractivity contribution is 6.30. The van der Waals surface area contributed by atoms with Crippen molar-refractivity contribution in [2.45, 2.75) is 25.3 Å². The molecule has 1 amide bonds. The van der Waals surface area contributed by atoms with Crippen LogP contribution in [0.3, 0.4) is 0 Å². The van der Waals surface area contributed by atoms with Crippen molar-refractivity contribution < 1.29 is 14.3 Å². The number of hydrogen-bond donors (Lipinski definition) is 1. The Morgan fingerprint density at radius 3 is 2.62 bits per heavy atom. The van der Waals surface area contributed by atoms with Gasteiger partial charge in [-0.3, -0.25) is 4.79 Å². The van der Waals surface area contributed by atoms with E-state index in [2.05, 4.69) is 0 Å². The molecule has 148 valence electrons. The van der Waals surface area contributed by atoms with Crippen LogP contribution in [0.15, 0.2) is 66.7 Å². The number of aryl methyl sites for hydroxylation is 1. The monoisotopic (exact) mass is 409 g/mol. The maximum Gasteiger partial charge on any atom is 0.223 e. The second kappa shape index (κ2) is 8.26. The van der Waals surface area contributed by atoms with E-state index in [-0.39, 0.29) is 11.7 Å². The normalized spacial score (nSPS) is 15.8. The third-order valence-corrected chi connectivity index (χ3v) is 5.68. The average molecular weight is 410 g/mol. The van der Waals surface area contributed by atoms with Crippen LogP contribution < -0.4 is 0 Å². The van der Waals surface area contributed by atoms with Gasteiger partial charge in [0.1, 0.15) is 11.6 Å². The molecule has 0 spiro atoms. The Morgan fingerprint density at radius 2 is 1.83 bits per heavy atom. The molecule has 3 nitrogen and oxygen atoms in total. The molecule has 0 bridgehead atoms. The van der Waals surface area contributed by atoms with Crippen LogP contribution in [0.25, 0.3) is 0 Å². The van der Waals surface area contributed by atoms with Gasteiger partial charge in [0.15, 0.2) is 0 Å². The molecule has 0 aromatic heterocycles. The van der Waals surface area contributed by atoms with E-state index < -0.39 is 11.9 Å². The molecule has 0 saturated heterocycles. The van der Waals surface area contributed by atoms with Gasteiger partial charge in [0, 0.05) is 23.6 Å². The number of rotatable bonds is 4. The Bertz CT molecular complexity index is 1040. The van der Waals surface area contributed by atoms with Gasteiger partial charge in [-0.15, -0.1) is 0 Å². The van der Waals surface area contributed by atoms with Crippen molar-refractivity contribution in [1.82, 2.24) is 4.90 Å². The van der Waals surface area contributed by atoms with Crippen molar-refractivity contribution in [2.75, 3.05) is 6.54 Å². The lowest BCUT2D eigenvalue weighted by Crippen LogP contribution is -2.40. The van der Waals surface area contributed by atoms with Crippen LogP contribution >= 0.6 is 11.6 Å². The van der Waals surface area contributed by atoms with E-state index in [0.717, 1.165) is 23.1 Å². The fourth-order valence-corrected chi connectivity index (χ4v) is 4.09. The molecule has 0 aliphatic carbocycles. The largest absolute Gasteiger partial charge is 0.508 e. The molecule has 0 saturated carbocycles. The van der Waals surface area contributed by atoms with Crippen molar-refractivity contribution in [3.05, 3.63) is 99.8 Å². The van der Waals surface area contributed by atoms with Crippen molar-refractivity contribution in [3.63, 3.8) is 0 Å². The third kappa shape index (κ3) is 4.13. The van der Waals surface area contributed by atoms with E-state index in [0.29, 0.717) is 30.0 Å². The zero-order valence-electron chi connectivity index (χ0n) is 15.8. The van der Waals surface area contributed by atoms with Crippen LogP contribution in [0.4, 0.5) is 4.39 Å². The number of halogens is 2. The molecule has 0 fully saturated rings. The van der Waals surface area contributed by atoms with Crippen LogP contribution in [0, 0.1) is 5.82 Å². The number of phenols is 1. The van der Waals surface area contributed by atoms with E-state index in [1.54, 1.807) is 4.90 Å². The highest BCUT2D eigenvalue weighted by Crippen LogP contribution is 2.39. The average Bonchev–Trinajstić information content (AvgIpc) is 2.74. The highest BCUT2D eigenvalue weighted by Gasteiger charge is 2.33. The Kier molecular flexibility index (Phi) is 5.54. The number of phenolic OH excluding ortho intramolecular Hbond substituents is 1. The second-order valence-corrected chi connectivity index (χ2v) is 7.70. The molecule has 1 atom stereocenters. The number of amides is 1. The first-order valence-electron chi connectivity index (χ1n) is 9.63. The zero-order valence-corrected chi connectivity index (χ0v) is 16.6. The van der Waals surface area contributed by atoms with Gasteiger partial charge in [-0.1, -0.05) is 48.0 Å². The first-order chi connectivity index (χ1) is 14.0. The minimum Gasteiger partial charge on any atom is -0.508 e. The van der Waals surface area contributed by atoms with E-state index in [1.165, 1.54) is 18.2 Å². The Morgan fingerprint density at radius 1 is 1.07 bits per heavy atom. The molecule has 29 heavy (non-hydrogen) atoms. The van der Waals surface area contributed by atoms with Crippen LogP contribution in [0.1, 0.15) is 34.7 Å². The van der Waals surface area contributed by atoms with E-state index in [1.807, 2.05) is 48.5 Å². The van der Waals surface area contributed by atoms with Crippen molar-refractivity contribution in [3.8, 4) is 5.75 Å². The summed E-state index contributed by atoms with van der Waals surface area (Å²) in [5.74, 6) is -0.471. The molecule has 1 aliphatic heterocycles. The summed E-state index contributed by atoms with van der Waals surface area (Å²) in [7, 11) is 0. The van der Waals surface area contributed by atoms with Crippen molar-refractivity contribution in [2.24, 2.45) is 0 Å². The molecule has 1 aliphatic rings. The number of fused-ring (bicyclic) bond motifs is 1. The fourth-order valence-electron chi connectivity index (χ4n) is 3.96. The lowest BCUT2D eigenvalue weighted by atomic mass is 9.87. The summed E-state index contributed by atoms with van der Waals surface area (Å²) < 4.78 is 14.0. The lowest BCUT2D eigenvalue weighted by Gasteiger charge is -2.38. The van der Waals surface area contributed by atoms with Gasteiger partial charge in [-0.25, -0.2) is 4.39 Å². The van der Waals surface area contributed by atoms with E-state index in [4.69, 9.17) is 11.6 Å². The SMILES string of the molecule is O=C(CCc1ccc(Cl)cc1)N1CCc2ccccc2C1c1cc(F)ccc1O. The van der Waals surface area contributed by atoms with E-state index in [9.17, 15) is 14.3 Å². The smallest absolute Gasteiger partial charge is 0.223 e. The van der Waals surface area contributed by atoms with Gasteiger partial charge in [0.2, 0.25) is 5.91 Å². The van der Waals surface area contributed by atoms with Crippen molar-refractivity contribution >= 4 is 17.5 Å². The molecular formula is C24H21ClFNO2. The standard InChI is InChI=1S/C24H21ClFNO2/c25-18-8-5-16(6-9-18)7-12-23(29)27-14-13-17-3-1-2-4-20(17)24(27)21-15-19(26)10-11-22(21)28/h1-6,8-11,15,24,28H,7,12-14H2. The van der Waals surface area contributed by atoms with Gasteiger partial charge in [0.25, 0.3) is 0 Å². The fraction of sp³-hybridized carbons (Fsp3) is 0.208. The highest BCUT2D eigenvalue weighted by atomic mass is 35.5. The molecule has 3 aromatic carbocycles. The van der Waals surface area contributed by atoms with Gasteiger partial charge in [0.05, 0.1) is 6.04 Å². The van der Waals surface area contributed by atoms with Crippen LogP contribution in [-0.2, 0) is 17.6 Å². The summed E-state index contributed by atoms with van der Waals surface area (Å²) in [6, 6.07) is 18.7. The molecule has 1 unspecified atom stereocenters. The van der Waals surface area contributed by atoms with Gasteiger partial charge in [-0.05, 0) is 59.9 Å². The minimum absolute atomic E-state index is 0.0106. The van der Waals surface area contributed by atoms with Crippen LogP contribution in [-0.4, -0.2) is 22.5 Å². The Labute approximate surface area is 174 Å². The number of carbonyl (C=O) groups is 1. The number of nitrogens with zero attached hydrogens (tertiary/aromatic N) is 1. The Hall–Kier alpha value is -2.85. The predicted molar refractivity (Wildman–Crippen MR) is 112 cm³/mol. The lowest BCUT2D eigenvalue weighted by molar-refractivity contribution is -0.133. The molecule has 1 N–H and O–H groups in total. The van der Waals surface area contributed by atoms with Gasteiger partial charge < -0.3 is 10.0 Å². The van der Waals surface area contributed by atoms with Crippen LogP contribution in [0.2, 0.25) is 5.02 Å². The third-order valence-electron chi connectivity index (χ3n) is 5.43. The van der Waals surface area contributed by atoms with Gasteiger partial charge >= 0.3 is 0 Å². The molecule has 5 heteroatoms. The topological polar surface area (TPSA) is 40.5 Å². The van der Waals surface area contributed by atoms with E-state index >= 15 is 0 Å². The number of carbonyl (C=O) groups excluding carboxylic acids is 1. The van der Waals surface area contributed by atoms with Crippen molar-refractivity contribution in [1.29, 1.82) is 0 Å². The summed E-state index contributed by atoms with van der Waals surface area (Å²) in [4.78, 5) is 14.9. The summed E-state index contributed by atoms with van der Waals surface area (Å²) >= 11 is 5.93. The quantitative estimate of drug-likeness (QED) is 0.635. The second-order valence-electron chi connectivity index (χ2n) is 7.27. The first kappa shape index (κ1) is 19.5. The molecule has 3 aromatic rings. The minimum atomic E-state index is -0.506. The van der Waals surface area contributed by atoms with Crippen LogP contribution in [0.5, 0.6) is 5.75 Å². The predicted octanol–water partition coefficient (Wildman–Crippen LogP) is 5.29. The number of benzene rings is 3.